The van der Waals surface area contributed by atoms with Crippen LogP contribution in [0.3, 0.4) is 0 Å². The SMILES string of the molecule is CC(C)OCCN1CCN(CCCCOCC(F)(F)COC(C)(C)C)CC1. The normalized spacial score (nSPS) is 17.8. The van der Waals surface area contributed by atoms with Gasteiger partial charge in [0.15, 0.2) is 0 Å². The summed E-state index contributed by atoms with van der Waals surface area (Å²) in [7, 11) is 0. The predicted molar refractivity (Wildman–Crippen MR) is 105 cm³/mol. The highest BCUT2D eigenvalue weighted by molar-refractivity contribution is 4.72. The number of nitrogens with zero attached hydrogens (tertiary/aromatic N) is 2. The highest BCUT2D eigenvalue weighted by Crippen LogP contribution is 2.18. The summed E-state index contributed by atoms with van der Waals surface area (Å²) in [5.41, 5.74) is -0.561. The third-order valence-electron chi connectivity index (χ3n) is 4.37. The molecule has 1 aliphatic rings. The highest BCUT2D eigenvalue weighted by atomic mass is 19.3. The van der Waals surface area contributed by atoms with Crippen LogP contribution in [0.2, 0.25) is 0 Å². The minimum Gasteiger partial charge on any atom is -0.377 e. The highest BCUT2D eigenvalue weighted by Gasteiger charge is 2.31. The molecule has 162 valence electrons. The van der Waals surface area contributed by atoms with Crippen molar-refractivity contribution in [3.63, 3.8) is 0 Å². The zero-order chi connectivity index (χ0) is 20.3. The molecule has 1 saturated heterocycles. The van der Waals surface area contributed by atoms with Crippen LogP contribution in [0.1, 0.15) is 47.5 Å². The summed E-state index contributed by atoms with van der Waals surface area (Å²) in [6.07, 6.45) is 2.07. The molecule has 5 nitrogen and oxygen atoms in total. The Balaban J connectivity index is 2.00. The standard InChI is InChI=1S/C20H40F2N2O3/c1-18(2)26-15-13-24-11-9-23(10-12-24)8-6-7-14-25-16-20(21,22)17-27-19(3,4)5/h18H,6-17H2,1-5H3. The van der Waals surface area contributed by atoms with Gasteiger partial charge in [-0.15, -0.1) is 0 Å². The van der Waals surface area contributed by atoms with E-state index in [1.54, 1.807) is 20.8 Å². The van der Waals surface area contributed by atoms with E-state index in [1.807, 2.05) is 0 Å². The number of hydrogen-bond donors (Lipinski definition) is 0. The minimum atomic E-state index is -2.93. The second-order valence-electron chi connectivity index (χ2n) is 8.62. The van der Waals surface area contributed by atoms with Crippen LogP contribution in [-0.4, -0.2) is 93.1 Å². The quantitative estimate of drug-likeness (QED) is 0.448. The minimum absolute atomic E-state index is 0.291. The molecule has 7 heteroatoms. The molecule has 0 atom stereocenters. The summed E-state index contributed by atoms with van der Waals surface area (Å²) >= 11 is 0. The maximum absolute atomic E-state index is 13.7. The molecule has 1 heterocycles. The fraction of sp³-hybridized carbons (Fsp3) is 1.00. The lowest BCUT2D eigenvalue weighted by Gasteiger charge is -2.34. The smallest absolute Gasteiger partial charge is 0.293 e. The summed E-state index contributed by atoms with van der Waals surface area (Å²) in [6.45, 7) is 15.7. The molecule has 27 heavy (non-hydrogen) atoms. The summed E-state index contributed by atoms with van der Waals surface area (Å²) in [6, 6.07) is 0. The molecule has 1 rings (SSSR count). The molecule has 0 unspecified atom stereocenters. The largest absolute Gasteiger partial charge is 0.377 e. The van der Waals surface area contributed by atoms with Gasteiger partial charge in [0.2, 0.25) is 0 Å². The van der Waals surface area contributed by atoms with Gasteiger partial charge in [-0.1, -0.05) is 0 Å². The molecule has 0 radical (unpaired) electrons. The summed E-state index contributed by atoms with van der Waals surface area (Å²) in [5, 5.41) is 0. The fourth-order valence-corrected chi connectivity index (χ4v) is 2.78. The molecule has 0 aromatic rings. The van der Waals surface area contributed by atoms with Crippen LogP contribution in [-0.2, 0) is 14.2 Å². The first-order valence-electron chi connectivity index (χ1n) is 10.2. The van der Waals surface area contributed by atoms with Gasteiger partial charge in [-0.05, 0) is 54.0 Å². The molecule has 0 N–H and O–H groups in total. The van der Waals surface area contributed by atoms with Crippen LogP contribution in [0.4, 0.5) is 8.78 Å². The Labute approximate surface area is 164 Å². The Morgan fingerprint density at radius 1 is 0.852 bits per heavy atom. The third kappa shape index (κ3) is 13.5. The average molecular weight is 395 g/mol. The molecule has 0 spiro atoms. The first-order chi connectivity index (χ1) is 12.6. The van der Waals surface area contributed by atoms with E-state index < -0.39 is 24.7 Å². The summed E-state index contributed by atoms with van der Waals surface area (Å²) in [4.78, 5) is 4.87. The van der Waals surface area contributed by atoms with Gasteiger partial charge >= 0.3 is 0 Å². The molecule has 1 aliphatic heterocycles. The lowest BCUT2D eigenvalue weighted by atomic mass is 10.2. The predicted octanol–water partition coefficient (Wildman–Crippen LogP) is 3.28. The Morgan fingerprint density at radius 2 is 1.44 bits per heavy atom. The molecular formula is C20H40F2N2O3. The molecule has 0 bridgehead atoms. The zero-order valence-corrected chi connectivity index (χ0v) is 17.9. The molecular weight excluding hydrogens is 354 g/mol. The van der Waals surface area contributed by atoms with E-state index in [0.29, 0.717) is 12.7 Å². The molecule has 0 saturated carbocycles. The number of rotatable bonds is 13. The number of ether oxygens (including phenoxy) is 3. The van der Waals surface area contributed by atoms with Crippen molar-refractivity contribution in [2.24, 2.45) is 0 Å². The first-order valence-corrected chi connectivity index (χ1v) is 10.2. The van der Waals surface area contributed by atoms with Gasteiger partial charge in [-0.2, -0.15) is 0 Å². The van der Waals surface area contributed by atoms with Crippen molar-refractivity contribution in [2.75, 3.05) is 65.7 Å². The van der Waals surface area contributed by atoms with Crippen molar-refractivity contribution >= 4 is 0 Å². The van der Waals surface area contributed by atoms with E-state index in [4.69, 9.17) is 14.2 Å². The molecule has 0 aromatic carbocycles. The maximum Gasteiger partial charge on any atom is 0.293 e. The Morgan fingerprint density at radius 3 is 2.00 bits per heavy atom. The molecule has 1 fully saturated rings. The Bertz CT molecular complexity index is 382. The number of alkyl halides is 2. The van der Waals surface area contributed by atoms with Crippen LogP contribution in [0, 0.1) is 0 Å². The van der Waals surface area contributed by atoms with Crippen molar-refractivity contribution in [3.05, 3.63) is 0 Å². The van der Waals surface area contributed by atoms with Gasteiger partial charge in [-0.3, -0.25) is 4.90 Å². The van der Waals surface area contributed by atoms with E-state index in [0.717, 1.165) is 58.7 Å². The van der Waals surface area contributed by atoms with Crippen molar-refractivity contribution in [3.8, 4) is 0 Å². The number of unbranched alkanes of at least 4 members (excludes halogenated alkanes) is 1. The van der Waals surface area contributed by atoms with Crippen LogP contribution in [0.25, 0.3) is 0 Å². The fourth-order valence-electron chi connectivity index (χ4n) is 2.78. The number of piperazine rings is 1. The monoisotopic (exact) mass is 394 g/mol. The summed E-state index contributed by atoms with van der Waals surface area (Å²) < 4.78 is 43.2. The van der Waals surface area contributed by atoms with E-state index in [1.165, 1.54) is 0 Å². The van der Waals surface area contributed by atoms with Crippen molar-refractivity contribution in [1.29, 1.82) is 0 Å². The lowest BCUT2D eigenvalue weighted by molar-refractivity contribution is -0.152. The van der Waals surface area contributed by atoms with Gasteiger partial charge < -0.3 is 19.1 Å². The number of hydrogen-bond acceptors (Lipinski definition) is 5. The van der Waals surface area contributed by atoms with Gasteiger partial charge in [0.1, 0.15) is 13.2 Å². The topological polar surface area (TPSA) is 34.2 Å². The zero-order valence-electron chi connectivity index (χ0n) is 17.9. The first kappa shape index (κ1) is 24.7. The number of halogens is 2. The van der Waals surface area contributed by atoms with Gasteiger partial charge in [0, 0.05) is 39.3 Å². The summed E-state index contributed by atoms with van der Waals surface area (Å²) in [5.74, 6) is -2.93. The second kappa shape index (κ2) is 12.3. The second-order valence-corrected chi connectivity index (χ2v) is 8.62. The van der Waals surface area contributed by atoms with Crippen molar-refractivity contribution in [2.45, 2.75) is 65.1 Å². The Kier molecular flexibility index (Phi) is 11.2. The van der Waals surface area contributed by atoms with Crippen LogP contribution < -0.4 is 0 Å². The van der Waals surface area contributed by atoms with E-state index in [9.17, 15) is 8.78 Å². The van der Waals surface area contributed by atoms with Gasteiger partial charge in [0.25, 0.3) is 5.92 Å². The van der Waals surface area contributed by atoms with Gasteiger partial charge in [0.05, 0.1) is 18.3 Å². The molecule has 0 amide bonds. The van der Waals surface area contributed by atoms with Gasteiger partial charge in [-0.25, -0.2) is 8.78 Å². The maximum atomic E-state index is 13.7. The van der Waals surface area contributed by atoms with E-state index in [-0.39, 0.29) is 0 Å². The molecule has 0 aliphatic carbocycles. The van der Waals surface area contributed by atoms with Crippen molar-refractivity contribution in [1.82, 2.24) is 9.80 Å². The van der Waals surface area contributed by atoms with Crippen LogP contribution in [0.5, 0.6) is 0 Å². The lowest BCUT2D eigenvalue weighted by Crippen LogP contribution is -2.47. The van der Waals surface area contributed by atoms with Crippen LogP contribution in [0.15, 0.2) is 0 Å². The average Bonchev–Trinajstić information content (AvgIpc) is 2.57. The van der Waals surface area contributed by atoms with Crippen LogP contribution >= 0.6 is 0 Å². The third-order valence-corrected chi connectivity index (χ3v) is 4.37. The molecule has 0 aromatic heterocycles. The van der Waals surface area contributed by atoms with Crippen molar-refractivity contribution < 1.29 is 23.0 Å². The van der Waals surface area contributed by atoms with E-state index >= 15 is 0 Å². The Hall–Kier alpha value is -0.340. The van der Waals surface area contributed by atoms with E-state index in [2.05, 4.69) is 23.6 Å².